The van der Waals surface area contributed by atoms with Gasteiger partial charge in [0.1, 0.15) is 5.82 Å². The summed E-state index contributed by atoms with van der Waals surface area (Å²) in [6.07, 6.45) is 6.82. The molecule has 35 heavy (non-hydrogen) atoms. The molecule has 1 saturated carbocycles. The number of aromatic nitrogens is 1. The number of carbonyl (C=O) groups is 2. The van der Waals surface area contributed by atoms with Crippen molar-refractivity contribution in [2.45, 2.75) is 51.5 Å². The van der Waals surface area contributed by atoms with Gasteiger partial charge in [-0.2, -0.15) is 4.98 Å². The smallest absolute Gasteiger partial charge is 0.227 e. The van der Waals surface area contributed by atoms with Crippen LogP contribution < -0.4 is 15.5 Å². The van der Waals surface area contributed by atoms with E-state index >= 15 is 0 Å². The Morgan fingerprint density at radius 1 is 1.03 bits per heavy atom. The lowest BCUT2D eigenvalue weighted by atomic mass is 9.84. The molecule has 2 fully saturated rings. The maximum atomic E-state index is 13.1. The van der Waals surface area contributed by atoms with Gasteiger partial charge in [-0.25, -0.2) is 0 Å². The Kier molecular flexibility index (Phi) is 7.02. The number of anilines is 1. The van der Waals surface area contributed by atoms with Gasteiger partial charge in [-0.05, 0) is 56.7 Å². The van der Waals surface area contributed by atoms with Crippen molar-refractivity contribution >= 4 is 28.7 Å². The molecule has 2 aromatic heterocycles. The molecule has 2 aliphatic rings. The second-order valence-electron chi connectivity index (χ2n) is 9.77. The van der Waals surface area contributed by atoms with E-state index < -0.39 is 0 Å². The first-order chi connectivity index (χ1) is 17.1. The van der Waals surface area contributed by atoms with Gasteiger partial charge in [0.15, 0.2) is 0 Å². The summed E-state index contributed by atoms with van der Waals surface area (Å²) in [5.41, 5.74) is 2.84. The number of carbonyl (C=O) groups excluding carboxylic acids is 2. The Bertz CT molecular complexity index is 1170. The van der Waals surface area contributed by atoms with E-state index in [0.717, 1.165) is 73.9 Å². The number of nitrogens with zero attached hydrogens (tertiary/aromatic N) is 2. The summed E-state index contributed by atoms with van der Waals surface area (Å²) in [6.45, 7) is 4.13. The predicted octanol–water partition coefficient (Wildman–Crippen LogP) is 4.52. The van der Waals surface area contributed by atoms with Gasteiger partial charge < -0.3 is 20.0 Å². The van der Waals surface area contributed by atoms with Gasteiger partial charge >= 0.3 is 0 Å². The molecule has 184 valence electrons. The van der Waals surface area contributed by atoms with Crippen LogP contribution in [0.2, 0.25) is 0 Å². The standard InChI is InChI=1S/C28H34N4O3/c1-2-29-26(33)21-9-6-10-23(17-21)30-27(34)20-11-14-32(15-12-20)25-24(19-7-4-3-5-8-19)18-22-13-16-35-28(22)31-25/h3-5,7-8,13,16,18,20-21,23H,2,6,9-12,14-15,17H2,1H3,(H,29,33)(H,30,34)/t21-,23-/m0/s1. The van der Waals surface area contributed by atoms with Gasteiger partial charge in [-0.1, -0.05) is 36.8 Å². The van der Waals surface area contributed by atoms with E-state index in [1.807, 2.05) is 31.2 Å². The van der Waals surface area contributed by atoms with E-state index in [9.17, 15) is 9.59 Å². The minimum absolute atomic E-state index is 0.00912. The molecule has 5 rings (SSSR count). The van der Waals surface area contributed by atoms with E-state index in [4.69, 9.17) is 9.40 Å². The molecule has 1 aliphatic heterocycles. The number of pyridine rings is 1. The Labute approximate surface area is 206 Å². The third-order valence-corrected chi connectivity index (χ3v) is 7.41. The van der Waals surface area contributed by atoms with Gasteiger partial charge in [-0.15, -0.1) is 0 Å². The molecule has 3 aromatic rings. The topological polar surface area (TPSA) is 87.5 Å². The van der Waals surface area contributed by atoms with Crippen molar-refractivity contribution in [3.63, 3.8) is 0 Å². The van der Waals surface area contributed by atoms with Gasteiger partial charge in [0, 0.05) is 48.5 Å². The van der Waals surface area contributed by atoms with E-state index in [0.29, 0.717) is 12.3 Å². The van der Waals surface area contributed by atoms with Crippen molar-refractivity contribution in [2.75, 3.05) is 24.5 Å². The monoisotopic (exact) mass is 474 g/mol. The van der Waals surface area contributed by atoms with E-state index in [-0.39, 0.29) is 29.7 Å². The average molecular weight is 475 g/mol. The lowest BCUT2D eigenvalue weighted by Crippen LogP contribution is -2.46. The summed E-state index contributed by atoms with van der Waals surface area (Å²) in [5.74, 6) is 1.16. The largest absolute Gasteiger partial charge is 0.446 e. The van der Waals surface area contributed by atoms with Crippen molar-refractivity contribution < 1.29 is 14.0 Å². The lowest BCUT2D eigenvalue weighted by molar-refractivity contribution is -0.129. The summed E-state index contributed by atoms with van der Waals surface area (Å²) < 4.78 is 5.59. The van der Waals surface area contributed by atoms with Gasteiger partial charge in [0.05, 0.1) is 6.26 Å². The molecule has 0 spiro atoms. The van der Waals surface area contributed by atoms with Crippen molar-refractivity contribution in [1.29, 1.82) is 0 Å². The molecule has 0 unspecified atom stereocenters. The van der Waals surface area contributed by atoms with Gasteiger partial charge in [-0.3, -0.25) is 9.59 Å². The summed E-state index contributed by atoms with van der Waals surface area (Å²) in [6, 6.07) is 14.5. The maximum Gasteiger partial charge on any atom is 0.227 e. The molecule has 1 saturated heterocycles. The van der Waals surface area contributed by atoms with Crippen LogP contribution in [0.5, 0.6) is 0 Å². The zero-order chi connectivity index (χ0) is 24.2. The number of benzene rings is 1. The SMILES string of the molecule is CCNC(=O)[C@H]1CCC[C@H](NC(=O)C2CCN(c3nc4occc4cc3-c3ccccc3)CC2)C1. The molecule has 7 nitrogen and oxygen atoms in total. The lowest BCUT2D eigenvalue weighted by Gasteiger charge is -2.35. The summed E-state index contributed by atoms with van der Waals surface area (Å²) in [4.78, 5) is 32.5. The predicted molar refractivity (Wildman–Crippen MR) is 137 cm³/mol. The van der Waals surface area contributed by atoms with Crippen LogP contribution in [-0.4, -0.2) is 42.5 Å². The van der Waals surface area contributed by atoms with E-state index in [1.54, 1.807) is 6.26 Å². The quantitative estimate of drug-likeness (QED) is 0.548. The fraction of sp³-hybridized carbons (Fsp3) is 0.464. The van der Waals surface area contributed by atoms with Crippen molar-refractivity contribution in [2.24, 2.45) is 11.8 Å². The van der Waals surface area contributed by atoms with Crippen molar-refractivity contribution in [3.05, 3.63) is 48.7 Å². The number of nitrogens with one attached hydrogen (secondary N) is 2. The molecule has 2 atom stereocenters. The van der Waals surface area contributed by atoms with Crippen LogP contribution in [0.15, 0.2) is 53.1 Å². The number of hydrogen-bond donors (Lipinski definition) is 2. The number of piperidine rings is 1. The Morgan fingerprint density at radius 3 is 2.60 bits per heavy atom. The first-order valence-corrected chi connectivity index (χ1v) is 12.9. The van der Waals surface area contributed by atoms with Crippen LogP contribution in [0.4, 0.5) is 5.82 Å². The number of rotatable bonds is 6. The zero-order valence-electron chi connectivity index (χ0n) is 20.3. The van der Waals surface area contributed by atoms with Crippen molar-refractivity contribution in [3.8, 4) is 11.1 Å². The van der Waals surface area contributed by atoms with E-state index in [2.05, 4.69) is 33.7 Å². The highest BCUT2D eigenvalue weighted by Crippen LogP contribution is 2.35. The molecule has 3 heterocycles. The molecular weight excluding hydrogens is 440 g/mol. The normalized spacial score (nSPS) is 21.1. The molecule has 0 radical (unpaired) electrons. The molecule has 2 amide bonds. The van der Waals surface area contributed by atoms with Crippen LogP contribution >= 0.6 is 0 Å². The fourth-order valence-electron chi connectivity index (χ4n) is 5.51. The molecule has 1 aromatic carbocycles. The second-order valence-corrected chi connectivity index (χ2v) is 9.77. The first kappa shape index (κ1) is 23.4. The summed E-state index contributed by atoms with van der Waals surface area (Å²) in [5, 5.41) is 7.18. The van der Waals surface area contributed by atoms with Crippen LogP contribution in [-0.2, 0) is 9.59 Å². The Balaban J connectivity index is 1.24. The number of hydrogen-bond acceptors (Lipinski definition) is 5. The third kappa shape index (κ3) is 5.19. The van der Waals surface area contributed by atoms with Crippen LogP contribution in [0.1, 0.15) is 45.4 Å². The minimum atomic E-state index is -0.0105. The van der Waals surface area contributed by atoms with E-state index in [1.165, 1.54) is 0 Å². The Hall–Kier alpha value is -3.35. The Morgan fingerprint density at radius 2 is 1.83 bits per heavy atom. The van der Waals surface area contributed by atoms with Crippen LogP contribution in [0, 0.1) is 11.8 Å². The summed E-state index contributed by atoms with van der Waals surface area (Å²) >= 11 is 0. The van der Waals surface area contributed by atoms with Gasteiger partial charge in [0.2, 0.25) is 17.5 Å². The average Bonchev–Trinajstić information content (AvgIpc) is 3.36. The molecule has 1 aliphatic carbocycles. The van der Waals surface area contributed by atoms with Gasteiger partial charge in [0.25, 0.3) is 0 Å². The van der Waals surface area contributed by atoms with Crippen molar-refractivity contribution in [1.82, 2.24) is 15.6 Å². The number of amides is 2. The molecule has 0 bridgehead atoms. The van der Waals surface area contributed by atoms with Crippen LogP contribution in [0.25, 0.3) is 22.2 Å². The fourth-order valence-corrected chi connectivity index (χ4v) is 5.51. The summed E-state index contributed by atoms with van der Waals surface area (Å²) in [7, 11) is 0. The zero-order valence-corrected chi connectivity index (χ0v) is 20.3. The maximum absolute atomic E-state index is 13.1. The van der Waals surface area contributed by atoms with Crippen LogP contribution in [0.3, 0.4) is 0 Å². The first-order valence-electron chi connectivity index (χ1n) is 12.9. The minimum Gasteiger partial charge on any atom is -0.446 e. The molecular formula is C28H34N4O3. The second kappa shape index (κ2) is 10.5. The number of fused-ring (bicyclic) bond motifs is 1. The third-order valence-electron chi connectivity index (χ3n) is 7.41. The highest BCUT2D eigenvalue weighted by molar-refractivity contribution is 5.87. The molecule has 2 N–H and O–H groups in total. The highest BCUT2D eigenvalue weighted by Gasteiger charge is 2.31. The molecule has 7 heteroatoms. The number of furan rings is 1. The highest BCUT2D eigenvalue weighted by atomic mass is 16.3.